The maximum Gasteiger partial charge on any atom is 0.366 e. The lowest BCUT2D eigenvalue weighted by atomic mass is 10.1. The van der Waals surface area contributed by atoms with E-state index in [0.29, 0.717) is 5.75 Å². The van der Waals surface area contributed by atoms with E-state index in [0.717, 1.165) is 5.56 Å². The minimum Gasteiger partial charge on any atom is -0.496 e. The first kappa shape index (κ1) is 13.2. The highest BCUT2D eigenvalue weighted by atomic mass is 19.1. The lowest BCUT2D eigenvalue weighted by Crippen LogP contribution is -2.04. The summed E-state index contributed by atoms with van der Waals surface area (Å²) in [5.74, 6) is -1.14. The molecular formula is C13H15FO3. The van der Waals surface area contributed by atoms with Gasteiger partial charge in [-0.15, -0.1) is 0 Å². The topological polar surface area (TPSA) is 35.5 Å². The largest absolute Gasteiger partial charge is 0.496 e. The number of carbonyl (C=O) groups excluding carboxylic acids is 1. The van der Waals surface area contributed by atoms with E-state index in [2.05, 4.69) is 4.74 Å². The average Bonchev–Trinajstić information content (AvgIpc) is 2.36. The van der Waals surface area contributed by atoms with Crippen molar-refractivity contribution >= 4 is 5.97 Å². The van der Waals surface area contributed by atoms with Gasteiger partial charge in [0.15, 0.2) is 0 Å². The Labute approximate surface area is 99.9 Å². The Morgan fingerprint density at radius 3 is 2.76 bits per heavy atom. The summed E-state index contributed by atoms with van der Waals surface area (Å²) >= 11 is 0. The molecule has 1 rings (SSSR count). The number of hydrogen-bond acceptors (Lipinski definition) is 3. The van der Waals surface area contributed by atoms with Crippen LogP contribution in [0.4, 0.5) is 4.39 Å². The summed E-state index contributed by atoms with van der Waals surface area (Å²) < 4.78 is 22.9. The molecule has 0 heterocycles. The van der Waals surface area contributed by atoms with Gasteiger partial charge >= 0.3 is 5.97 Å². The van der Waals surface area contributed by atoms with E-state index < -0.39 is 11.8 Å². The van der Waals surface area contributed by atoms with Crippen LogP contribution in [0, 0.1) is 0 Å². The first-order valence-corrected chi connectivity index (χ1v) is 5.33. The fourth-order valence-corrected chi connectivity index (χ4v) is 1.35. The van der Waals surface area contributed by atoms with Crippen LogP contribution in [0.25, 0.3) is 0 Å². The molecule has 1 aromatic rings. The van der Waals surface area contributed by atoms with E-state index in [1.165, 1.54) is 6.08 Å². The van der Waals surface area contributed by atoms with Gasteiger partial charge in [0.25, 0.3) is 0 Å². The van der Waals surface area contributed by atoms with Gasteiger partial charge in [0.1, 0.15) is 5.75 Å². The maximum atomic E-state index is 13.3. The van der Waals surface area contributed by atoms with Gasteiger partial charge in [-0.05, 0) is 31.1 Å². The van der Waals surface area contributed by atoms with Crippen molar-refractivity contribution in [1.82, 2.24) is 0 Å². The molecule has 0 fully saturated rings. The SMILES string of the molecule is CCOC(=O)/C(F)=C\Cc1ccccc1OC. The fourth-order valence-electron chi connectivity index (χ4n) is 1.35. The zero-order chi connectivity index (χ0) is 12.7. The van der Waals surface area contributed by atoms with Gasteiger partial charge in [0, 0.05) is 0 Å². The van der Waals surface area contributed by atoms with Crippen molar-refractivity contribution < 1.29 is 18.7 Å². The molecule has 3 nitrogen and oxygen atoms in total. The summed E-state index contributed by atoms with van der Waals surface area (Å²) in [6.07, 6.45) is 1.48. The van der Waals surface area contributed by atoms with E-state index in [9.17, 15) is 9.18 Å². The van der Waals surface area contributed by atoms with Crippen LogP contribution in [0.1, 0.15) is 12.5 Å². The average molecular weight is 238 g/mol. The van der Waals surface area contributed by atoms with Crippen molar-refractivity contribution in [2.45, 2.75) is 13.3 Å². The highest BCUT2D eigenvalue weighted by Gasteiger charge is 2.09. The Balaban J connectivity index is 2.71. The fraction of sp³-hybridized carbons (Fsp3) is 0.308. The van der Waals surface area contributed by atoms with Crippen LogP contribution in [0.2, 0.25) is 0 Å². The third-order valence-corrected chi connectivity index (χ3v) is 2.16. The van der Waals surface area contributed by atoms with Gasteiger partial charge in [-0.2, -0.15) is 4.39 Å². The van der Waals surface area contributed by atoms with Gasteiger partial charge in [-0.3, -0.25) is 0 Å². The zero-order valence-electron chi connectivity index (χ0n) is 9.90. The number of hydrogen-bond donors (Lipinski definition) is 0. The number of para-hydroxylation sites is 1. The second kappa shape index (κ2) is 6.68. The summed E-state index contributed by atoms with van der Waals surface area (Å²) in [7, 11) is 1.55. The Morgan fingerprint density at radius 1 is 1.41 bits per heavy atom. The van der Waals surface area contributed by atoms with E-state index in [-0.39, 0.29) is 13.0 Å². The third kappa shape index (κ3) is 3.90. The predicted molar refractivity (Wildman–Crippen MR) is 62.5 cm³/mol. The normalized spacial score (nSPS) is 11.1. The van der Waals surface area contributed by atoms with Crippen molar-refractivity contribution in [2.75, 3.05) is 13.7 Å². The first-order chi connectivity index (χ1) is 8.19. The monoisotopic (exact) mass is 238 g/mol. The lowest BCUT2D eigenvalue weighted by molar-refractivity contribution is -0.140. The summed E-state index contributed by atoms with van der Waals surface area (Å²) in [5, 5.41) is 0. The molecule has 0 aliphatic carbocycles. The molecule has 0 bridgehead atoms. The molecular weight excluding hydrogens is 223 g/mol. The zero-order valence-corrected chi connectivity index (χ0v) is 9.90. The minimum atomic E-state index is -0.928. The number of rotatable bonds is 5. The van der Waals surface area contributed by atoms with Crippen LogP contribution in [-0.2, 0) is 16.0 Å². The highest BCUT2D eigenvalue weighted by molar-refractivity contribution is 5.85. The molecule has 0 aliphatic heterocycles. The Kier molecular flexibility index (Phi) is 5.20. The van der Waals surface area contributed by atoms with Crippen molar-refractivity contribution in [3.05, 3.63) is 41.7 Å². The van der Waals surface area contributed by atoms with Gasteiger partial charge in [0.05, 0.1) is 13.7 Å². The molecule has 0 atom stereocenters. The second-order valence-electron chi connectivity index (χ2n) is 3.29. The third-order valence-electron chi connectivity index (χ3n) is 2.16. The molecule has 0 unspecified atom stereocenters. The van der Waals surface area contributed by atoms with E-state index >= 15 is 0 Å². The van der Waals surface area contributed by atoms with Crippen LogP contribution in [-0.4, -0.2) is 19.7 Å². The molecule has 17 heavy (non-hydrogen) atoms. The molecule has 92 valence electrons. The second-order valence-corrected chi connectivity index (χ2v) is 3.29. The standard InChI is InChI=1S/C13H15FO3/c1-3-17-13(15)11(14)9-8-10-6-4-5-7-12(10)16-2/h4-7,9H,3,8H2,1-2H3/b11-9+. The maximum absolute atomic E-state index is 13.3. The number of carbonyl (C=O) groups is 1. The minimum absolute atomic E-state index is 0.161. The number of benzene rings is 1. The molecule has 4 heteroatoms. The Bertz CT molecular complexity index is 413. The van der Waals surface area contributed by atoms with Crippen molar-refractivity contribution in [3.8, 4) is 5.75 Å². The van der Waals surface area contributed by atoms with E-state index in [1.807, 2.05) is 18.2 Å². The molecule has 0 saturated heterocycles. The number of ether oxygens (including phenoxy) is 2. The number of halogens is 1. The molecule has 0 N–H and O–H groups in total. The van der Waals surface area contributed by atoms with Gasteiger partial charge in [-0.25, -0.2) is 4.79 Å². The van der Waals surface area contributed by atoms with Gasteiger partial charge in [-0.1, -0.05) is 18.2 Å². The quantitative estimate of drug-likeness (QED) is 0.584. The molecule has 0 aliphatic rings. The molecule has 0 spiro atoms. The summed E-state index contributed by atoms with van der Waals surface area (Å²) in [4.78, 5) is 11.0. The number of allylic oxidation sites excluding steroid dienone is 1. The van der Waals surface area contributed by atoms with E-state index in [1.54, 1.807) is 20.1 Å². The van der Waals surface area contributed by atoms with Crippen LogP contribution >= 0.6 is 0 Å². The van der Waals surface area contributed by atoms with Gasteiger partial charge < -0.3 is 9.47 Å². The van der Waals surface area contributed by atoms with Crippen LogP contribution in [0.15, 0.2) is 36.2 Å². The molecule has 0 saturated carbocycles. The van der Waals surface area contributed by atoms with Crippen molar-refractivity contribution in [1.29, 1.82) is 0 Å². The molecule has 0 aromatic heterocycles. The predicted octanol–water partition coefficient (Wildman–Crippen LogP) is 2.65. The van der Waals surface area contributed by atoms with Gasteiger partial charge in [0.2, 0.25) is 5.83 Å². The van der Waals surface area contributed by atoms with Crippen LogP contribution < -0.4 is 4.74 Å². The lowest BCUT2D eigenvalue weighted by Gasteiger charge is -2.05. The molecule has 1 aromatic carbocycles. The highest BCUT2D eigenvalue weighted by Crippen LogP contribution is 2.18. The van der Waals surface area contributed by atoms with Crippen LogP contribution in [0.5, 0.6) is 5.75 Å². The smallest absolute Gasteiger partial charge is 0.366 e. The number of esters is 1. The Morgan fingerprint density at radius 2 is 2.12 bits per heavy atom. The van der Waals surface area contributed by atoms with Crippen LogP contribution in [0.3, 0.4) is 0 Å². The van der Waals surface area contributed by atoms with Crippen molar-refractivity contribution in [3.63, 3.8) is 0 Å². The Hall–Kier alpha value is -1.84. The first-order valence-electron chi connectivity index (χ1n) is 5.33. The molecule has 0 radical (unpaired) electrons. The number of methoxy groups -OCH3 is 1. The molecule has 0 amide bonds. The van der Waals surface area contributed by atoms with Crippen molar-refractivity contribution in [2.24, 2.45) is 0 Å². The summed E-state index contributed by atoms with van der Waals surface area (Å²) in [6.45, 7) is 1.79. The summed E-state index contributed by atoms with van der Waals surface area (Å²) in [5.41, 5.74) is 0.814. The summed E-state index contributed by atoms with van der Waals surface area (Å²) in [6, 6.07) is 7.25. The van der Waals surface area contributed by atoms with E-state index in [4.69, 9.17) is 4.74 Å².